The van der Waals surface area contributed by atoms with E-state index in [9.17, 15) is 0 Å². The normalized spacial score (nSPS) is 12.6. The predicted molar refractivity (Wildman–Crippen MR) is 75.6 cm³/mol. The molecule has 1 aromatic carbocycles. The van der Waals surface area contributed by atoms with Crippen LogP contribution in [0.4, 0.5) is 0 Å². The smallest absolute Gasteiger partial charge is 0.223 e. The van der Waals surface area contributed by atoms with Crippen molar-refractivity contribution in [2.45, 2.75) is 26.3 Å². The Hall–Kier alpha value is -1.10. The van der Waals surface area contributed by atoms with Crippen molar-refractivity contribution in [3.63, 3.8) is 0 Å². The van der Waals surface area contributed by atoms with Gasteiger partial charge in [-0.2, -0.15) is 4.98 Å². The zero-order valence-corrected chi connectivity index (χ0v) is 12.3. The van der Waals surface area contributed by atoms with E-state index in [-0.39, 0.29) is 6.04 Å². The summed E-state index contributed by atoms with van der Waals surface area (Å²) in [5.74, 6) is 1.29. The third kappa shape index (κ3) is 3.93. The Morgan fingerprint density at radius 3 is 2.84 bits per heavy atom. The van der Waals surface area contributed by atoms with E-state index in [0.717, 1.165) is 12.1 Å². The summed E-state index contributed by atoms with van der Waals surface area (Å²) in [6.07, 6.45) is 0.708. The van der Waals surface area contributed by atoms with E-state index in [4.69, 9.17) is 27.7 Å². The number of aryl methyl sites for hydroxylation is 1. The molecular formula is C13H15Cl2N3O. The van der Waals surface area contributed by atoms with Crippen molar-refractivity contribution in [3.8, 4) is 0 Å². The zero-order valence-electron chi connectivity index (χ0n) is 10.8. The lowest BCUT2D eigenvalue weighted by atomic mass is 10.1. The van der Waals surface area contributed by atoms with Gasteiger partial charge >= 0.3 is 0 Å². The van der Waals surface area contributed by atoms with Gasteiger partial charge in [-0.15, -0.1) is 0 Å². The summed E-state index contributed by atoms with van der Waals surface area (Å²) in [5.41, 5.74) is 0.985. The molecule has 1 aromatic heterocycles. The highest BCUT2D eigenvalue weighted by atomic mass is 35.5. The molecule has 0 saturated heterocycles. The molecule has 2 rings (SSSR count). The average molecular weight is 300 g/mol. The Morgan fingerprint density at radius 1 is 1.37 bits per heavy atom. The van der Waals surface area contributed by atoms with Crippen LogP contribution in [0, 0.1) is 6.92 Å². The molecule has 0 radical (unpaired) electrons. The van der Waals surface area contributed by atoms with Crippen LogP contribution >= 0.6 is 23.2 Å². The van der Waals surface area contributed by atoms with Crippen LogP contribution in [0.25, 0.3) is 0 Å². The first kappa shape index (κ1) is 14.3. The van der Waals surface area contributed by atoms with Gasteiger partial charge in [0.1, 0.15) is 0 Å². The van der Waals surface area contributed by atoms with Gasteiger partial charge in [0.2, 0.25) is 5.89 Å². The molecule has 6 heteroatoms. The molecule has 1 N–H and O–H groups in total. The Labute approximate surface area is 122 Å². The van der Waals surface area contributed by atoms with Gasteiger partial charge in [0.25, 0.3) is 0 Å². The number of hydrogen-bond acceptors (Lipinski definition) is 4. The van der Waals surface area contributed by atoms with E-state index < -0.39 is 0 Å². The zero-order chi connectivity index (χ0) is 13.8. The minimum Gasteiger partial charge on any atom is -0.340 e. The van der Waals surface area contributed by atoms with Crippen molar-refractivity contribution in [1.29, 1.82) is 0 Å². The SMILES string of the molecule is Cc1nc(CCNC(C)c2cc(Cl)ccc2Cl)no1. The Balaban J connectivity index is 1.90. The monoisotopic (exact) mass is 299 g/mol. The summed E-state index contributed by atoms with van der Waals surface area (Å²) in [5, 5.41) is 8.59. The van der Waals surface area contributed by atoms with Gasteiger partial charge in [-0.3, -0.25) is 0 Å². The van der Waals surface area contributed by atoms with Gasteiger partial charge < -0.3 is 9.84 Å². The maximum Gasteiger partial charge on any atom is 0.223 e. The van der Waals surface area contributed by atoms with E-state index in [1.807, 2.05) is 13.0 Å². The molecule has 0 aliphatic heterocycles. The van der Waals surface area contributed by atoms with Crippen molar-refractivity contribution in [2.75, 3.05) is 6.54 Å². The maximum atomic E-state index is 6.15. The number of nitrogens with zero attached hydrogens (tertiary/aromatic N) is 2. The van der Waals surface area contributed by atoms with Crippen molar-refractivity contribution < 1.29 is 4.52 Å². The van der Waals surface area contributed by atoms with Crippen LogP contribution in [0.2, 0.25) is 10.0 Å². The van der Waals surface area contributed by atoms with E-state index >= 15 is 0 Å². The van der Waals surface area contributed by atoms with Gasteiger partial charge in [-0.25, -0.2) is 0 Å². The predicted octanol–water partition coefficient (Wildman–Crippen LogP) is 3.58. The largest absolute Gasteiger partial charge is 0.340 e. The lowest BCUT2D eigenvalue weighted by Crippen LogP contribution is -2.22. The molecule has 4 nitrogen and oxygen atoms in total. The number of benzene rings is 1. The molecule has 1 heterocycles. The second kappa shape index (κ2) is 6.37. The summed E-state index contributed by atoms with van der Waals surface area (Å²) in [4.78, 5) is 4.15. The van der Waals surface area contributed by atoms with Crippen molar-refractivity contribution in [2.24, 2.45) is 0 Å². The third-order valence-corrected chi connectivity index (χ3v) is 3.37. The average Bonchev–Trinajstić information content (AvgIpc) is 2.78. The van der Waals surface area contributed by atoms with Crippen LogP contribution in [0.3, 0.4) is 0 Å². The summed E-state index contributed by atoms with van der Waals surface area (Å²) in [7, 11) is 0. The maximum absolute atomic E-state index is 6.15. The van der Waals surface area contributed by atoms with Gasteiger partial charge in [0, 0.05) is 36.0 Å². The highest BCUT2D eigenvalue weighted by Gasteiger charge is 2.10. The molecule has 1 atom stereocenters. The molecule has 0 saturated carbocycles. The number of halogens is 2. The summed E-state index contributed by atoms with van der Waals surface area (Å²) >= 11 is 12.1. The standard InChI is InChI=1S/C13H15Cl2N3O/c1-8(11-7-10(14)3-4-12(11)15)16-6-5-13-17-9(2)19-18-13/h3-4,7-8,16H,5-6H2,1-2H3. The van der Waals surface area contributed by atoms with Crippen molar-refractivity contribution >= 4 is 23.2 Å². The fourth-order valence-electron chi connectivity index (χ4n) is 1.80. The molecular weight excluding hydrogens is 285 g/mol. The summed E-state index contributed by atoms with van der Waals surface area (Å²) < 4.78 is 4.91. The first-order chi connectivity index (χ1) is 9.06. The molecule has 2 aromatic rings. The number of hydrogen-bond donors (Lipinski definition) is 1. The van der Waals surface area contributed by atoms with Gasteiger partial charge in [0.15, 0.2) is 5.82 Å². The highest BCUT2D eigenvalue weighted by Crippen LogP contribution is 2.25. The molecule has 0 bridgehead atoms. The topological polar surface area (TPSA) is 51.0 Å². The quantitative estimate of drug-likeness (QED) is 0.917. The van der Waals surface area contributed by atoms with Crippen LogP contribution in [0.1, 0.15) is 30.2 Å². The molecule has 0 fully saturated rings. The molecule has 0 amide bonds. The van der Waals surface area contributed by atoms with Crippen molar-refractivity contribution in [1.82, 2.24) is 15.5 Å². The molecule has 1 unspecified atom stereocenters. The van der Waals surface area contributed by atoms with Crippen LogP contribution < -0.4 is 5.32 Å². The van der Waals surface area contributed by atoms with E-state index in [2.05, 4.69) is 15.5 Å². The number of nitrogens with one attached hydrogen (secondary N) is 1. The summed E-state index contributed by atoms with van der Waals surface area (Å²) in [6.45, 7) is 4.56. The Morgan fingerprint density at radius 2 is 2.16 bits per heavy atom. The van der Waals surface area contributed by atoms with E-state index in [1.165, 1.54) is 0 Å². The second-order valence-corrected chi connectivity index (χ2v) is 5.16. The molecule has 102 valence electrons. The third-order valence-electron chi connectivity index (χ3n) is 2.79. The van der Waals surface area contributed by atoms with Gasteiger partial charge in [-0.1, -0.05) is 28.4 Å². The van der Waals surface area contributed by atoms with Gasteiger partial charge in [0.05, 0.1) is 0 Å². The molecule has 0 aliphatic carbocycles. The minimum atomic E-state index is 0.110. The van der Waals surface area contributed by atoms with Gasteiger partial charge in [-0.05, 0) is 30.7 Å². The van der Waals surface area contributed by atoms with Crippen LogP contribution in [-0.2, 0) is 6.42 Å². The van der Waals surface area contributed by atoms with Crippen LogP contribution in [0.15, 0.2) is 22.7 Å². The number of aromatic nitrogens is 2. The van der Waals surface area contributed by atoms with E-state index in [0.29, 0.717) is 28.2 Å². The first-order valence-electron chi connectivity index (χ1n) is 6.04. The number of rotatable bonds is 5. The molecule has 19 heavy (non-hydrogen) atoms. The summed E-state index contributed by atoms with van der Waals surface area (Å²) in [6, 6.07) is 5.57. The first-order valence-corrected chi connectivity index (χ1v) is 6.79. The molecule has 0 spiro atoms. The fraction of sp³-hybridized carbons (Fsp3) is 0.385. The molecule has 0 aliphatic rings. The van der Waals surface area contributed by atoms with E-state index in [1.54, 1.807) is 19.1 Å². The Kier molecular flexibility index (Phi) is 4.80. The lowest BCUT2D eigenvalue weighted by molar-refractivity contribution is 0.386. The van der Waals surface area contributed by atoms with Crippen molar-refractivity contribution in [3.05, 3.63) is 45.5 Å². The Bertz CT molecular complexity index is 557. The lowest BCUT2D eigenvalue weighted by Gasteiger charge is -2.15. The fourth-order valence-corrected chi connectivity index (χ4v) is 2.26. The second-order valence-electron chi connectivity index (χ2n) is 4.32. The van der Waals surface area contributed by atoms with Crippen LogP contribution in [0.5, 0.6) is 0 Å². The van der Waals surface area contributed by atoms with Crippen LogP contribution in [-0.4, -0.2) is 16.7 Å². The minimum absolute atomic E-state index is 0.110. The highest BCUT2D eigenvalue weighted by molar-refractivity contribution is 6.33.